The molecule has 0 spiro atoms. The van der Waals surface area contributed by atoms with Gasteiger partial charge in [-0.25, -0.2) is 0 Å². The molecule has 1 aliphatic rings. The topological polar surface area (TPSA) is 0 Å². The van der Waals surface area contributed by atoms with E-state index in [2.05, 4.69) is 206 Å². The smallest absolute Gasteiger partial charge is 0.0159 e. The van der Waals surface area contributed by atoms with Crippen LogP contribution in [0.4, 0.5) is 0 Å². The van der Waals surface area contributed by atoms with E-state index in [0.29, 0.717) is 35.5 Å². The van der Waals surface area contributed by atoms with Crippen LogP contribution < -0.4 is 0 Å². The summed E-state index contributed by atoms with van der Waals surface area (Å²) in [6, 6.07) is 40.4. The van der Waals surface area contributed by atoms with Gasteiger partial charge in [0, 0.05) is 5.41 Å². The third-order valence-corrected chi connectivity index (χ3v) is 10.7. The molecule has 0 saturated carbocycles. The summed E-state index contributed by atoms with van der Waals surface area (Å²) < 4.78 is 0. The van der Waals surface area contributed by atoms with E-state index in [-0.39, 0.29) is 5.41 Å². The van der Waals surface area contributed by atoms with E-state index < -0.39 is 0 Å². The fourth-order valence-corrected chi connectivity index (χ4v) is 7.79. The molecule has 0 bridgehead atoms. The van der Waals surface area contributed by atoms with Gasteiger partial charge in [0.15, 0.2) is 0 Å². The van der Waals surface area contributed by atoms with Crippen LogP contribution in [0.3, 0.4) is 0 Å². The van der Waals surface area contributed by atoms with Crippen LogP contribution in [0.15, 0.2) is 109 Å². The predicted molar refractivity (Wildman–Crippen MR) is 227 cm³/mol. The predicted octanol–water partition coefficient (Wildman–Crippen LogP) is 15.8. The molecule has 0 nitrogen and oxygen atoms in total. The fourth-order valence-electron chi connectivity index (χ4n) is 7.79. The Kier molecular flexibility index (Phi) is 13.4. The third kappa shape index (κ3) is 9.13. The lowest BCUT2D eigenvalue weighted by atomic mass is 9.81. The van der Waals surface area contributed by atoms with Gasteiger partial charge in [0.2, 0.25) is 0 Å². The summed E-state index contributed by atoms with van der Waals surface area (Å²) in [6.07, 6.45) is 0. The highest BCUT2D eigenvalue weighted by Gasteiger charge is 2.35. The zero-order chi connectivity index (χ0) is 37.6. The zero-order valence-electron chi connectivity index (χ0n) is 34.4. The Hall–Kier alpha value is -3.90. The maximum absolute atomic E-state index is 2.42. The lowest BCUT2D eigenvalue weighted by Crippen LogP contribution is -2.14. The van der Waals surface area contributed by atoms with Gasteiger partial charge < -0.3 is 0 Å². The second-order valence-corrected chi connectivity index (χ2v) is 17.0. The molecule has 0 saturated heterocycles. The molecule has 6 rings (SSSR count). The molecular weight excluding hydrogens is 613 g/mol. The van der Waals surface area contributed by atoms with Crippen LogP contribution >= 0.6 is 0 Å². The van der Waals surface area contributed by atoms with Gasteiger partial charge in [-0.2, -0.15) is 0 Å². The minimum Gasteiger partial charge on any atom is -0.0620 e. The van der Waals surface area contributed by atoms with Crippen molar-refractivity contribution in [1.29, 1.82) is 0 Å². The number of fused-ring (bicyclic) bond motifs is 3. The molecule has 0 atom stereocenters. The van der Waals surface area contributed by atoms with Crippen molar-refractivity contribution in [2.45, 2.75) is 138 Å². The first kappa shape index (κ1) is 39.9. The highest BCUT2D eigenvalue weighted by atomic mass is 14.4. The molecule has 5 aromatic carbocycles. The number of benzene rings is 5. The Balaban J connectivity index is 0.000000201. The fraction of sp³-hybridized carbons (Fsp3) is 0.412. The van der Waals surface area contributed by atoms with Crippen LogP contribution in [0, 0.1) is 0 Å². The van der Waals surface area contributed by atoms with E-state index in [1.54, 1.807) is 0 Å². The van der Waals surface area contributed by atoms with E-state index in [1.807, 2.05) is 0 Å². The van der Waals surface area contributed by atoms with E-state index >= 15 is 0 Å². The summed E-state index contributed by atoms with van der Waals surface area (Å²) in [5.74, 6) is 3.67. The second kappa shape index (κ2) is 17.1. The van der Waals surface area contributed by atoms with Crippen LogP contribution in [-0.2, 0) is 5.41 Å². The summed E-state index contributed by atoms with van der Waals surface area (Å²) in [6.45, 7) is 31.9. The average molecular weight is 679 g/mol. The summed E-state index contributed by atoms with van der Waals surface area (Å²) >= 11 is 0. The number of hydrogen-bond acceptors (Lipinski definition) is 0. The molecule has 0 radical (unpaired) electrons. The molecule has 0 heteroatoms. The Morgan fingerprint density at radius 3 is 1.08 bits per heavy atom. The van der Waals surface area contributed by atoms with Crippen molar-refractivity contribution in [1.82, 2.24) is 0 Å². The molecule has 0 N–H and O–H groups in total. The van der Waals surface area contributed by atoms with Crippen molar-refractivity contribution in [2.75, 3.05) is 0 Å². The molecule has 1 aliphatic carbocycles. The summed E-state index contributed by atoms with van der Waals surface area (Å²) in [5.41, 5.74) is 17.3. The van der Waals surface area contributed by atoms with Crippen molar-refractivity contribution >= 4 is 0 Å². The summed E-state index contributed by atoms with van der Waals surface area (Å²) in [4.78, 5) is 0. The largest absolute Gasteiger partial charge is 0.0620 e. The van der Waals surface area contributed by atoms with E-state index in [4.69, 9.17) is 0 Å². The van der Waals surface area contributed by atoms with Gasteiger partial charge in [-0.15, -0.1) is 0 Å². The van der Waals surface area contributed by atoms with Gasteiger partial charge in [-0.1, -0.05) is 200 Å². The quantitative estimate of drug-likeness (QED) is 0.161. The van der Waals surface area contributed by atoms with Gasteiger partial charge in [0.25, 0.3) is 0 Å². The maximum atomic E-state index is 2.42. The Morgan fingerprint density at radius 2 is 0.647 bits per heavy atom. The molecule has 0 aliphatic heterocycles. The van der Waals surface area contributed by atoms with Crippen LogP contribution in [0.5, 0.6) is 0 Å². The lowest BCUT2D eigenvalue weighted by molar-refractivity contribution is 0.660. The minimum absolute atomic E-state index is 0.0562. The highest BCUT2D eigenvalue weighted by Crippen LogP contribution is 2.49. The van der Waals surface area contributed by atoms with Crippen molar-refractivity contribution in [3.8, 4) is 22.3 Å². The van der Waals surface area contributed by atoms with Gasteiger partial charge in [-0.3, -0.25) is 0 Å². The van der Waals surface area contributed by atoms with E-state index in [0.717, 1.165) is 0 Å². The number of hydrogen-bond donors (Lipinski definition) is 0. The Morgan fingerprint density at radius 1 is 0.314 bits per heavy atom. The van der Waals surface area contributed by atoms with Crippen molar-refractivity contribution < 1.29 is 0 Å². The monoisotopic (exact) mass is 679 g/mol. The molecule has 0 amide bonds. The molecule has 5 aromatic rings. The number of rotatable bonds is 7. The first-order valence-corrected chi connectivity index (χ1v) is 19.6. The third-order valence-electron chi connectivity index (χ3n) is 10.7. The second-order valence-electron chi connectivity index (χ2n) is 17.0. The van der Waals surface area contributed by atoms with Gasteiger partial charge in [-0.05, 0) is 108 Å². The molecule has 270 valence electrons. The van der Waals surface area contributed by atoms with Crippen molar-refractivity contribution in [3.63, 3.8) is 0 Å². The van der Waals surface area contributed by atoms with Crippen molar-refractivity contribution in [3.05, 3.63) is 154 Å². The zero-order valence-corrected chi connectivity index (χ0v) is 34.4. The van der Waals surface area contributed by atoms with E-state index in [1.165, 1.54) is 66.8 Å². The standard InChI is InChI=1S/C27H30.2C12H18/c1-17(2)21-13-11-19(15-24(21)18(3)4)20-12-14-23-22-9-7-8-10-25(22)27(5,6)26(23)16-20;2*1-9(2)11-7-5-6-8-12(11)10(3)4/h7-18H,1-6H3;2*5-10H,1-4H3. The lowest BCUT2D eigenvalue weighted by Gasteiger charge is -2.22. The summed E-state index contributed by atoms with van der Waals surface area (Å²) in [7, 11) is 0. The van der Waals surface area contributed by atoms with Crippen molar-refractivity contribution in [2.24, 2.45) is 0 Å². The molecule has 0 aromatic heterocycles. The van der Waals surface area contributed by atoms with Crippen LogP contribution in [-0.4, -0.2) is 0 Å². The normalized spacial score (nSPS) is 12.9. The van der Waals surface area contributed by atoms with E-state index in [9.17, 15) is 0 Å². The first-order chi connectivity index (χ1) is 24.1. The molecule has 0 heterocycles. The van der Waals surface area contributed by atoms with Gasteiger partial charge in [0.1, 0.15) is 0 Å². The minimum atomic E-state index is 0.0562. The molecular formula is C51H66. The molecule has 0 fully saturated rings. The molecule has 0 unspecified atom stereocenters. The SMILES string of the molecule is CC(C)c1ccc(-c2ccc3c(c2)C(C)(C)c2ccccc2-3)cc1C(C)C.CC(C)c1ccccc1C(C)C.CC(C)c1ccccc1C(C)C. The average Bonchev–Trinajstić information content (AvgIpc) is 3.34. The van der Waals surface area contributed by atoms with Crippen LogP contribution in [0.2, 0.25) is 0 Å². The van der Waals surface area contributed by atoms with Gasteiger partial charge in [0.05, 0.1) is 0 Å². The Bertz CT molecular complexity index is 1770. The summed E-state index contributed by atoms with van der Waals surface area (Å²) in [5, 5.41) is 0. The van der Waals surface area contributed by atoms with Crippen LogP contribution in [0.25, 0.3) is 22.3 Å². The molecule has 51 heavy (non-hydrogen) atoms. The highest BCUT2D eigenvalue weighted by molar-refractivity contribution is 5.83. The van der Waals surface area contributed by atoms with Crippen LogP contribution in [0.1, 0.15) is 177 Å². The maximum Gasteiger partial charge on any atom is 0.0159 e. The Labute approximate surface area is 312 Å². The van der Waals surface area contributed by atoms with Gasteiger partial charge >= 0.3 is 0 Å². The first-order valence-electron chi connectivity index (χ1n) is 19.6.